The van der Waals surface area contributed by atoms with Crippen molar-refractivity contribution in [2.75, 3.05) is 0 Å². The van der Waals surface area contributed by atoms with Gasteiger partial charge in [0.25, 0.3) is 0 Å². The molecule has 0 aromatic carbocycles. The smallest absolute Gasteiger partial charge is 0.0329 e. The molecule has 0 heterocycles. The molecule has 1 aliphatic carbocycles. The minimum absolute atomic E-state index is 0.942. The molecule has 1 fully saturated rings. The van der Waals surface area contributed by atoms with Crippen LogP contribution in [0.2, 0.25) is 0 Å². The van der Waals surface area contributed by atoms with Crippen molar-refractivity contribution in [3.05, 3.63) is 0 Å². The Morgan fingerprint density at radius 1 is 0.700 bits per heavy atom. The Labute approximate surface area is 129 Å². The number of hydrogen-bond acceptors (Lipinski definition) is 0. The largest absolute Gasteiger partial charge is 0.0654 e. The Hall–Kier alpha value is 0. The highest BCUT2D eigenvalue weighted by atomic mass is 14.5. The zero-order chi connectivity index (χ0) is 15.0. The highest BCUT2D eigenvalue weighted by Gasteiger charge is 2.46. The van der Waals surface area contributed by atoms with E-state index in [1.54, 1.807) is 0 Å². The Morgan fingerprint density at radius 2 is 1.15 bits per heavy atom. The van der Waals surface area contributed by atoms with Crippen LogP contribution < -0.4 is 0 Å². The lowest BCUT2D eigenvalue weighted by molar-refractivity contribution is 0.300. The molecular formula is C20H40. The predicted molar refractivity (Wildman–Crippen MR) is 92.0 cm³/mol. The van der Waals surface area contributed by atoms with Gasteiger partial charge in [0.15, 0.2) is 0 Å². The second-order valence-electron chi connectivity index (χ2n) is 7.75. The SMILES string of the molecule is CCCCCCCCCCCC(C)C(C)C1C(C)C1C. The van der Waals surface area contributed by atoms with Gasteiger partial charge in [-0.25, -0.2) is 0 Å². The third-order valence-electron chi connectivity index (χ3n) is 6.17. The standard InChI is InChI=1S/C20H40/c1-6-7-8-9-10-11-12-13-14-15-16(2)17(3)20-18(4)19(20)5/h16-20H,6-15H2,1-5H3. The van der Waals surface area contributed by atoms with Crippen LogP contribution in [0.5, 0.6) is 0 Å². The highest BCUT2D eigenvalue weighted by molar-refractivity contribution is 4.95. The lowest BCUT2D eigenvalue weighted by Crippen LogP contribution is -2.11. The first kappa shape index (κ1) is 18.1. The van der Waals surface area contributed by atoms with E-state index < -0.39 is 0 Å². The molecule has 0 aliphatic heterocycles. The molecule has 0 saturated heterocycles. The molecule has 0 aromatic rings. The summed E-state index contributed by atoms with van der Waals surface area (Å²) in [5.41, 5.74) is 0. The maximum absolute atomic E-state index is 2.50. The summed E-state index contributed by atoms with van der Waals surface area (Å²) in [6, 6.07) is 0. The number of rotatable bonds is 12. The fourth-order valence-electron chi connectivity index (χ4n) is 4.08. The van der Waals surface area contributed by atoms with Crippen LogP contribution in [0.4, 0.5) is 0 Å². The van der Waals surface area contributed by atoms with E-state index in [0.29, 0.717) is 0 Å². The summed E-state index contributed by atoms with van der Waals surface area (Å²) < 4.78 is 0. The van der Waals surface area contributed by atoms with Crippen LogP contribution in [0.3, 0.4) is 0 Å². The van der Waals surface area contributed by atoms with Gasteiger partial charge in [0, 0.05) is 0 Å². The summed E-state index contributed by atoms with van der Waals surface area (Å²) in [6.07, 6.45) is 14.6. The van der Waals surface area contributed by atoms with E-state index in [0.717, 1.165) is 29.6 Å². The average molecular weight is 281 g/mol. The molecule has 20 heavy (non-hydrogen) atoms. The van der Waals surface area contributed by atoms with Crippen LogP contribution in [0.1, 0.15) is 98.8 Å². The minimum atomic E-state index is 0.942. The maximum atomic E-state index is 2.50. The van der Waals surface area contributed by atoms with Crippen LogP contribution in [-0.4, -0.2) is 0 Å². The summed E-state index contributed by atoms with van der Waals surface area (Å²) in [7, 11) is 0. The fourth-order valence-corrected chi connectivity index (χ4v) is 4.08. The molecule has 120 valence electrons. The van der Waals surface area contributed by atoms with Crippen molar-refractivity contribution in [1.82, 2.24) is 0 Å². The van der Waals surface area contributed by atoms with Crippen molar-refractivity contribution in [2.45, 2.75) is 98.8 Å². The van der Waals surface area contributed by atoms with Crippen molar-refractivity contribution in [3.63, 3.8) is 0 Å². The van der Waals surface area contributed by atoms with Gasteiger partial charge in [-0.1, -0.05) is 98.8 Å². The first-order valence-electron chi connectivity index (χ1n) is 9.59. The molecule has 4 unspecified atom stereocenters. The monoisotopic (exact) mass is 280 g/mol. The molecule has 0 spiro atoms. The van der Waals surface area contributed by atoms with E-state index in [4.69, 9.17) is 0 Å². The van der Waals surface area contributed by atoms with Crippen molar-refractivity contribution in [2.24, 2.45) is 29.6 Å². The molecule has 0 N–H and O–H groups in total. The zero-order valence-electron chi connectivity index (χ0n) is 15.0. The van der Waals surface area contributed by atoms with Crippen LogP contribution in [0.25, 0.3) is 0 Å². The molecular weight excluding hydrogens is 240 g/mol. The van der Waals surface area contributed by atoms with Gasteiger partial charge in [0.2, 0.25) is 0 Å². The van der Waals surface area contributed by atoms with Crippen molar-refractivity contribution < 1.29 is 0 Å². The van der Waals surface area contributed by atoms with Gasteiger partial charge in [-0.05, 0) is 29.6 Å². The van der Waals surface area contributed by atoms with Crippen molar-refractivity contribution >= 4 is 0 Å². The van der Waals surface area contributed by atoms with Crippen LogP contribution >= 0.6 is 0 Å². The fraction of sp³-hybridized carbons (Fsp3) is 1.00. The minimum Gasteiger partial charge on any atom is -0.0654 e. The Balaban J connectivity index is 1.91. The van der Waals surface area contributed by atoms with Crippen LogP contribution in [0.15, 0.2) is 0 Å². The topological polar surface area (TPSA) is 0 Å². The van der Waals surface area contributed by atoms with Gasteiger partial charge in [-0.2, -0.15) is 0 Å². The van der Waals surface area contributed by atoms with E-state index in [1.807, 2.05) is 0 Å². The van der Waals surface area contributed by atoms with E-state index in [1.165, 1.54) is 64.2 Å². The molecule has 1 saturated carbocycles. The van der Waals surface area contributed by atoms with E-state index >= 15 is 0 Å². The van der Waals surface area contributed by atoms with Crippen molar-refractivity contribution in [3.8, 4) is 0 Å². The third kappa shape index (κ3) is 6.19. The Bertz CT molecular complexity index is 224. The van der Waals surface area contributed by atoms with E-state index in [9.17, 15) is 0 Å². The van der Waals surface area contributed by atoms with Gasteiger partial charge in [0.1, 0.15) is 0 Å². The number of unbranched alkanes of at least 4 members (excludes halogenated alkanes) is 8. The predicted octanol–water partition coefficient (Wildman–Crippen LogP) is 7.08. The molecule has 0 nitrogen and oxygen atoms in total. The normalized spacial score (nSPS) is 28.4. The van der Waals surface area contributed by atoms with Gasteiger partial charge in [-0.3, -0.25) is 0 Å². The summed E-state index contributed by atoms with van der Waals surface area (Å²) >= 11 is 0. The summed E-state index contributed by atoms with van der Waals surface area (Å²) in [5.74, 6) is 4.92. The van der Waals surface area contributed by atoms with Gasteiger partial charge < -0.3 is 0 Å². The summed E-state index contributed by atoms with van der Waals surface area (Å²) in [5, 5.41) is 0. The van der Waals surface area contributed by atoms with E-state index in [-0.39, 0.29) is 0 Å². The quantitative estimate of drug-likeness (QED) is 0.335. The second kappa shape index (κ2) is 9.85. The van der Waals surface area contributed by atoms with Crippen LogP contribution in [0, 0.1) is 29.6 Å². The first-order chi connectivity index (χ1) is 9.59. The molecule has 0 radical (unpaired) electrons. The highest BCUT2D eigenvalue weighted by Crippen LogP contribution is 2.52. The Morgan fingerprint density at radius 3 is 1.60 bits per heavy atom. The van der Waals surface area contributed by atoms with Crippen LogP contribution in [-0.2, 0) is 0 Å². The first-order valence-corrected chi connectivity index (χ1v) is 9.59. The number of hydrogen-bond donors (Lipinski definition) is 0. The summed E-state index contributed by atoms with van der Waals surface area (Å²) in [4.78, 5) is 0. The molecule has 1 rings (SSSR count). The lowest BCUT2D eigenvalue weighted by atomic mass is 9.86. The Kier molecular flexibility index (Phi) is 8.89. The second-order valence-corrected chi connectivity index (χ2v) is 7.75. The molecule has 0 bridgehead atoms. The lowest BCUT2D eigenvalue weighted by Gasteiger charge is -2.20. The third-order valence-corrected chi connectivity index (χ3v) is 6.17. The molecule has 0 aromatic heterocycles. The van der Waals surface area contributed by atoms with Gasteiger partial charge >= 0.3 is 0 Å². The van der Waals surface area contributed by atoms with Crippen molar-refractivity contribution in [1.29, 1.82) is 0 Å². The van der Waals surface area contributed by atoms with Gasteiger partial charge in [0.05, 0.1) is 0 Å². The van der Waals surface area contributed by atoms with E-state index in [2.05, 4.69) is 34.6 Å². The molecule has 4 atom stereocenters. The average Bonchev–Trinajstić information content (AvgIpc) is 3.03. The molecule has 0 heteroatoms. The molecule has 0 amide bonds. The summed E-state index contributed by atoms with van der Waals surface area (Å²) in [6.45, 7) is 12.2. The molecule has 1 aliphatic rings. The maximum Gasteiger partial charge on any atom is -0.0329 e. The zero-order valence-corrected chi connectivity index (χ0v) is 15.0. The van der Waals surface area contributed by atoms with Gasteiger partial charge in [-0.15, -0.1) is 0 Å².